The lowest BCUT2D eigenvalue weighted by Crippen LogP contribution is -2.37. The van der Waals surface area contributed by atoms with Gasteiger partial charge in [-0.3, -0.25) is 4.79 Å². The number of carboxylic acids is 1. The van der Waals surface area contributed by atoms with Gasteiger partial charge in [-0.15, -0.1) is 6.58 Å². The lowest BCUT2D eigenvalue weighted by molar-refractivity contribution is -0.167. The summed E-state index contributed by atoms with van der Waals surface area (Å²) in [6, 6.07) is 0. The van der Waals surface area contributed by atoms with Crippen LogP contribution >= 0.6 is 0 Å². The van der Waals surface area contributed by atoms with Gasteiger partial charge in [-0.1, -0.05) is 12.7 Å². The monoisotopic (exact) mass is 196 g/mol. The Bertz CT molecular complexity index is 292. The smallest absolute Gasteiger partial charge is 0.349 e. The van der Waals surface area contributed by atoms with E-state index in [1.165, 1.54) is 0 Å². The van der Waals surface area contributed by atoms with Gasteiger partial charge in [0.1, 0.15) is 0 Å². The third-order valence-electron chi connectivity index (χ3n) is 2.12. The topological polar surface area (TPSA) is 63.6 Å². The molecule has 4 nitrogen and oxygen atoms in total. The molecule has 4 heteroatoms. The van der Waals surface area contributed by atoms with Crippen LogP contribution in [0.25, 0.3) is 0 Å². The molecule has 0 spiro atoms. The highest BCUT2D eigenvalue weighted by Gasteiger charge is 2.35. The first kappa shape index (κ1) is 10.5. The van der Waals surface area contributed by atoms with Gasteiger partial charge in [-0.05, 0) is 18.4 Å². The number of hydrogen-bond donors (Lipinski definition) is 1. The maximum Gasteiger partial charge on any atom is 0.349 e. The second kappa shape index (κ2) is 4.09. The maximum atomic E-state index is 11.3. The molecule has 0 aromatic heterocycles. The summed E-state index contributed by atoms with van der Waals surface area (Å²) in [4.78, 5) is 21.9. The molecule has 14 heavy (non-hydrogen) atoms. The average Bonchev–Trinajstić information content (AvgIpc) is 2.10. The molecule has 0 aliphatic carbocycles. The molecule has 0 radical (unpaired) electrons. The van der Waals surface area contributed by atoms with E-state index in [2.05, 4.69) is 13.2 Å². The van der Waals surface area contributed by atoms with Crippen molar-refractivity contribution >= 4 is 11.9 Å². The first-order valence-corrected chi connectivity index (χ1v) is 4.28. The quantitative estimate of drug-likeness (QED) is 0.543. The first-order chi connectivity index (χ1) is 6.56. The van der Waals surface area contributed by atoms with Crippen molar-refractivity contribution in [1.29, 1.82) is 0 Å². The fourth-order valence-corrected chi connectivity index (χ4v) is 1.41. The summed E-state index contributed by atoms with van der Waals surface area (Å²) in [7, 11) is 0. The van der Waals surface area contributed by atoms with Crippen LogP contribution in [0.4, 0.5) is 0 Å². The van der Waals surface area contributed by atoms with E-state index in [9.17, 15) is 9.59 Å². The maximum absolute atomic E-state index is 11.3. The summed E-state index contributed by atoms with van der Waals surface area (Å²) in [5, 5.41) is 8.68. The summed E-state index contributed by atoms with van der Waals surface area (Å²) in [5.74, 6) is -1.97. The predicted molar refractivity (Wildman–Crippen MR) is 49.6 cm³/mol. The zero-order chi connectivity index (χ0) is 10.7. The summed E-state index contributed by atoms with van der Waals surface area (Å²) in [6.07, 6.45) is 1.29. The Hall–Kier alpha value is -1.58. The first-order valence-electron chi connectivity index (χ1n) is 4.28. The van der Waals surface area contributed by atoms with Gasteiger partial charge < -0.3 is 9.84 Å². The standard InChI is InChI=1S/C10H12O4/c1-3-4-7-5-6(2)8(9(11)12)14-10(7)13/h3,7-8H,1-2,4-5H2,(H,11,12). The van der Waals surface area contributed by atoms with Gasteiger partial charge in [-0.25, -0.2) is 4.79 Å². The Labute approximate surface area is 81.9 Å². The zero-order valence-corrected chi connectivity index (χ0v) is 7.73. The molecule has 2 unspecified atom stereocenters. The van der Waals surface area contributed by atoms with Crippen LogP contribution in [0.15, 0.2) is 24.8 Å². The molecule has 0 amide bonds. The molecule has 1 rings (SSSR count). The Balaban J connectivity index is 2.71. The van der Waals surface area contributed by atoms with Crippen LogP contribution in [-0.2, 0) is 14.3 Å². The van der Waals surface area contributed by atoms with E-state index in [1.807, 2.05) is 0 Å². The molecule has 1 aliphatic heterocycles. The number of carbonyl (C=O) groups is 2. The molecule has 0 aromatic carbocycles. The molecule has 1 heterocycles. The molecule has 1 fully saturated rings. The third-order valence-corrected chi connectivity index (χ3v) is 2.12. The van der Waals surface area contributed by atoms with Crippen LogP contribution < -0.4 is 0 Å². The molecule has 0 aromatic rings. The molecule has 0 bridgehead atoms. The van der Waals surface area contributed by atoms with Crippen molar-refractivity contribution < 1.29 is 19.4 Å². The van der Waals surface area contributed by atoms with Crippen molar-refractivity contribution in [1.82, 2.24) is 0 Å². The second-order valence-electron chi connectivity index (χ2n) is 3.24. The van der Waals surface area contributed by atoms with E-state index in [-0.39, 0.29) is 5.92 Å². The van der Waals surface area contributed by atoms with Crippen molar-refractivity contribution in [2.75, 3.05) is 0 Å². The van der Waals surface area contributed by atoms with Crippen LogP contribution in [0.1, 0.15) is 12.8 Å². The molecule has 1 saturated heterocycles. The number of esters is 1. The van der Waals surface area contributed by atoms with Gasteiger partial charge in [0.2, 0.25) is 6.10 Å². The van der Waals surface area contributed by atoms with Gasteiger partial charge in [-0.2, -0.15) is 0 Å². The normalized spacial score (nSPS) is 26.9. The van der Waals surface area contributed by atoms with E-state index >= 15 is 0 Å². The molecular weight excluding hydrogens is 184 g/mol. The summed E-state index contributed by atoms with van der Waals surface area (Å²) in [6.45, 7) is 7.11. The number of rotatable bonds is 3. The molecule has 1 aliphatic rings. The Morgan fingerprint density at radius 3 is 2.86 bits per heavy atom. The SMILES string of the molecule is C=CCC1CC(=C)C(C(=O)O)OC1=O. The van der Waals surface area contributed by atoms with Gasteiger partial charge >= 0.3 is 11.9 Å². The van der Waals surface area contributed by atoms with E-state index in [1.54, 1.807) is 6.08 Å². The highest BCUT2D eigenvalue weighted by molar-refractivity contribution is 5.84. The van der Waals surface area contributed by atoms with Crippen molar-refractivity contribution in [3.63, 3.8) is 0 Å². The molecular formula is C10H12O4. The van der Waals surface area contributed by atoms with E-state index in [0.717, 1.165) is 0 Å². The van der Waals surface area contributed by atoms with Crippen LogP contribution in [-0.4, -0.2) is 23.1 Å². The van der Waals surface area contributed by atoms with Crippen molar-refractivity contribution in [2.24, 2.45) is 5.92 Å². The minimum Gasteiger partial charge on any atom is -0.478 e. The van der Waals surface area contributed by atoms with Gasteiger partial charge in [0.05, 0.1) is 5.92 Å². The van der Waals surface area contributed by atoms with Crippen LogP contribution in [0.3, 0.4) is 0 Å². The Morgan fingerprint density at radius 2 is 2.36 bits per heavy atom. The Kier molecular flexibility index (Phi) is 3.06. The van der Waals surface area contributed by atoms with Gasteiger partial charge in [0.15, 0.2) is 0 Å². The molecule has 76 valence electrons. The van der Waals surface area contributed by atoms with Gasteiger partial charge in [0, 0.05) is 0 Å². The number of aliphatic carboxylic acids is 1. The predicted octanol–water partition coefficient (Wildman–Crippen LogP) is 1.14. The number of allylic oxidation sites excluding steroid dienone is 1. The number of carboxylic acid groups (broad SMARTS) is 1. The number of ether oxygens (including phenoxy) is 1. The number of hydrogen-bond acceptors (Lipinski definition) is 3. The van der Waals surface area contributed by atoms with Crippen LogP contribution in [0.2, 0.25) is 0 Å². The molecule has 0 saturated carbocycles. The second-order valence-corrected chi connectivity index (χ2v) is 3.24. The zero-order valence-electron chi connectivity index (χ0n) is 7.73. The van der Waals surface area contributed by atoms with Crippen molar-refractivity contribution in [3.8, 4) is 0 Å². The minimum absolute atomic E-state index is 0.324. The lowest BCUT2D eigenvalue weighted by Gasteiger charge is -2.26. The summed E-state index contributed by atoms with van der Waals surface area (Å²) in [5.41, 5.74) is 0.434. The van der Waals surface area contributed by atoms with E-state index < -0.39 is 18.0 Å². The fraction of sp³-hybridized carbons (Fsp3) is 0.400. The number of cyclic esters (lactones) is 1. The molecule has 1 N–H and O–H groups in total. The lowest BCUT2D eigenvalue weighted by atomic mass is 9.91. The van der Waals surface area contributed by atoms with E-state index in [4.69, 9.17) is 9.84 Å². The third kappa shape index (κ3) is 2.02. The summed E-state index contributed by atoms with van der Waals surface area (Å²) < 4.78 is 4.74. The summed E-state index contributed by atoms with van der Waals surface area (Å²) >= 11 is 0. The average molecular weight is 196 g/mol. The van der Waals surface area contributed by atoms with Crippen molar-refractivity contribution in [3.05, 3.63) is 24.8 Å². The van der Waals surface area contributed by atoms with E-state index in [0.29, 0.717) is 18.4 Å². The molecule has 2 atom stereocenters. The largest absolute Gasteiger partial charge is 0.478 e. The van der Waals surface area contributed by atoms with Crippen LogP contribution in [0.5, 0.6) is 0 Å². The number of carbonyl (C=O) groups excluding carboxylic acids is 1. The highest BCUT2D eigenvalue weighted by atomic mass is 16.6. The Morgan fingerprint density at radius 1 is 1.71 bits per heavy atom. The highest BCUT2D eigenvalue weighted by Crippen LogP contribution is 2.26. The van der Waals surface area contributed by atoms with Crippen molar-refractivity contribution in [2.45, 2.75) is 18.9 Å². The fourth-order valence-electron chi connectivity index (χ4n) is 1.41. The van der Waals surface area contributed by atoms with Gasteiger partial charge in [0.25, 0.3) is 0 Å². The minimum atomic E-state index is -1.18. The van der Waals surface area contributed by atoms with Crippen LogP contribution in [0, 0.1) is 5.92 Å².